The van der Waals surface area contributed by atoms with Crippen molar-refractivity contribution >= 4 is 11.8 Å². The molecule has 0 aromatic heterocycles. The van der Waals surface area contributed by atoms with Gasteiger partial charge in [0.25, 0.3) is 0 Å². The summed E-state index contributed by atoms with van der Waals surface area (Å²) < 4.78 is 10.7. The fraction of sp³-hybridized carbons (Fsp3) is 0.286. The molecule has 0 aliphatic rings. The molecule has 34 heavy (non-hydrogen) atoms. The Morgan fingerprint density at radius 3 is 2.21 bits per heavy atom. The van der Waals surface area contributed by atoms with Gasteiger partial charge in [-0.1, -0.05) is 67.6 Å². The number of amides is 2. The lowest BCUT2D eigenvalue weighted by molar-refractivity contribution is -0.141. The maximum Gasteiger partial charge on any atom is 0.247 e. The molecule has 0 aliphatic carbocycles. The van der Waals surface area contributed by atoms with E-state index in [1.165, 1.54) is 0 Å². The highest BCUT2D eigenvalue weighted by atomic mass is 16.5. The van der Waals surface area contributed by atoms with Crippen molar-refractivity contribution in [2.24, 2.45) is 0 Å². The Morgan fingerprint density at radius 2 is 1.56 bits per heavy atom. The molecular weight excluding hydrogens is 428 g/mol. The van der Waals surface area contributed by atoms with Gasteiger partial charge in [-0.25, -0.2) is 0 Å². The van der Waals surface area contributed by atoms with Crippen molar-refractivity contribution in [2.45, 2.75) is 38.9 Å². The molecule has 3 aromatic carbocycles. The minimum atomic E-state index is -0.767. The van der Waals surface area contributed by atoms with Crippen molar-refractivity contribution in [3.63, 3.8) is 0 Å². The van der Waals surface area contributed by atoms with Crippen molar-refractivity contribution in [3.05, 3.63) is 95.6 Å². The van der Waals surface area contributed by atoms with Crippen LogP contribution in [0.2, 0.25) is 0 Å². The Labute approximate surface area is 201 Å². The molecule has 0 heterocycles. The number of hydrogen-bond donors (Lipinski definition) is 1. The molecule has 3 aromatic rings. The van der Waals surface area contributed by atoms with Crippen LogP contribution in [0.15, 0.2) is 78.9 Å². The minimum absolute atomic E-state index is 0.0698. The zero-order chi connectivity index (χ0) is 24.3. The predicted molar refractivity (Wildman–Crippen MR) is 132 cm³/mol. The first-order chi connectivity index (χ1) is 16.6. The average Bonchev–Trinajstić information content (AvgIpc) is 2.88. The molecule has 0 radical (unpaired) electrons. The second-order valence-corrected chi connectivity index (χ2v) is 7.96. The van der Waals surface area contributed by atoms with E-state index >= 15 is 0 Å². The lowest BCUT2D eigenvalue weighted by Crippen LogP contribution is -2.43. The van der Waals surface area contributed by atoms with Crippen LogP contribution >= 0.6 is 0 Å². The van der Waals surface area contributed by atoms with Gasteiger partial charge < -0.3 is 19.7 Å². The Morgan fingerprint density at radius 1 is 0.882 bits per heavy atom. The van der Waals surface area contributed by atoms with Crippen LogP contribution in [-0.4, -0.2) is 30.9 Å². The van der Waals surface area contributed by atoms with E-state index in [-0.39, 0.29) is 11.8 Å². The molecule has 3 rings (SSSR count). The molecule has 2 amide bonds. The van der Waals surface area contributed by atoms with E-state index in [4.69, 9.17) is 9.47 Å². The summed E-state index contributed by atoms with van der Waals surface area (Å²) in [6.45, 7) is 2.57. The topological polar surface area (TPSA) is 67.9 Å². The van der Waals surface area contributed by atoms with E-state index in [0.29, 0.717) is 31.7 Å². The summed E-state index contributed by atoms with van der Waals surface area (Å²) >= 11 is 0. The van der Waals surface area contributed by atoms with Gasteiger partial charge in [0, 0.05) is 25.1 Å². The van der Waals surface area contributed by atoms with E-state index in [1.807, 2.05) is 85.8 Å². The third-order valence-electron chi connectivity index (χ3n) is 5.62. The number of benzene rings is 3. The van der Waals surface area contributed by atoms with E-state index < -0.39 is 6.04 Å². The maximum absolute atomic E-state index is 13.6. The Hall–Kier alpha value is -3.80. The van der Waals surface area contributed by atoms with Crippen LogP contribution in [0.1, 0.15) is 42.5 Å². The Kier molecular flexibility index (Phi) is 9.09. The second kappa shape index (κ2) is 12.4. The highest BCUT2D eigenvalue weighted by Gasteiger charge is 2.31. The van der Waals surface area contributed by atoms with Gasteiger partial charge in [-0.15, -0.1) is 0 Å². The molecule has 0 unspecified atom stereocenters. The first-order valence-electron chi connectivity index (χ1n) is 11.4. The summed E-state index contributed by atoms with van der Waals surface area (Å²) in [5, 5.41) is 3.02. The molecular formula is C28H32N2O4. The van der Waals surface area contributed by atoms with Crippen molar-refractivity contribution in [3.8, 4) is 11.5 Å². The van der Waals surface area contributed by atoms with Gasteiger partial charge in [0.05, 0.1) is 14.2 Å². The zero-order valence-corrected chi connectivity index (χ0v) is 20.0. The number of para-hydroxylation sites is 1. The molecule has 1 N–H and O–H groups in total. The van der Waals surface area contributed by atoms with Gasteiger partial charge in [-0.2, -0.15) is 0 Å². The van der Waals surface area contributed by atoms with Crippen LogP contribution in [0, 0.1) is 0 Å². The molecule has 0 spiro atoms. The number of nitrogens with zero attached hydrogens (tertiary/aromatic N) is 1. The van der Waals surface area contributed by atoms with Crippen LogP contribution in [0.4, 0.5) is 0 Å². The molecule has 0 saturated carbocycles. The third kappa shape index (κ3) is 6.38. The van der Waals surface area contributed by atoms with Crippen LogP contribution in [-0.2, 0) is 22.7 Å². The predicted octanol–water partition coefficient (Wildman–Crippen LogP) is 4.89. The van der Waals surface area contributed by atoms with Crippen LogP contribution < -0.4 is 14.8 Å². The van der Waals surface area contributed by atoms with E-state index in [0.717, 1.165) is 22.4 Å². The summed E-state index contributed by atoms with van der Waals surface area (Å²) in [5.74, 6) is 1.13. The molecule has 6 heteroatoms. The zero-order valence-electron chi connectivity index (χ0n) is 20.0. The summed E-state index contributed by atoms with van der Waals surface area (Å²) in [5.41, 5.74) is 2.55. The minimum Gasteiger partial charge on any atom is -0.497 e. The van der Waals surface area contributed by atoms with Crippen molar-refractivity contribution < 1.29 is 19.1 Å². The fourth-order valence-corrected chi connectivity index (χ4v) is 3.84. The summed E-state index contributed by atoms with van der Waals surface area (Å²) in [6, 6.07) is 23.8. The van der Waals surface area contributed by atoms with Crippen molar-refractivity contribution in [2.75, 3.05) is 14.2 Å². The first kappa shape index (κ1) is 24.8. The Bertz CT molecular complexity index is 1070. The molecule has 0 aliphatic heterocycles. The SMILES string of the molecule is CCCC(=O)N(Cc1ccc(OC)cc1)[C@@H](C(=O)NCc1ccccc1OC)c1ccccc1. The standard InChI is InChI=1S/C28H32N2O4/c1-4-10-26(31)30(20-21-15-17-24(33-2)18-16-21)27(22-11-6-5-7-12-22)28(32)29-19-23-13-8-9-14-25(23)34-3/h5-9,11-18,27H,4,10,19-20H2,1-3H3,(H,29,32)/t27-/m1/s1. The number of ether oxygens (including phenoxy) is 2. The van der Waals surface area contributed by atoms with Crippen LogP contribution in [0.5, 0.6) is 11.5 Å². The van der Waals surface area contributed by atoms with Gasteiger partial charge >= 0.3 is 0 Å². The molecule has 0 bridgehead atoms. The largest absolute Gasteiger partial charge is 0.497 e. The normalized spacial score (nSPS) is 11.4. The van der Waals surface area contributed by atoms with Crippen LogP contribution in [0.3, 0.4) is 0 Å². The summed E-state index contributed by atoms with van der Waals surface area (Å²) in [6.07, 6.45) is 1.06. The fourth-order valence-electron chi connectivity index (χ4n) is 3.84. The third-order valence-corrected chi connectivity index (χ3v) is 5.62. The second-order valence-electron chi connectivity index (χ2n) is 7.96. The number of hydrogen-bond acceptors (Lipinski definition) is 4. The number of nitrogens with one attached hydrogen (secondary N) is 1. The van der Waals surface area contributed by atoms with Crippen molar-refractivity contribution in [1.29, 1.82) is 0 Å². The lowest BCUT2D eigenvalue weighted by atomic mass is 10.0. The number of rotatable bonds is 11. The first-order valence-corrected chi connectivity index (χ1v) is 11.4. The molecule has 0 fully saturated rings. The van der Waals surface area contributed by atoms with Gasteiger partial charge in [0.2, 0.25) is 11.8 Å². The lowest BCUT2D eigenvalue weighted by Gasteiger charge is -2.32. The molecule has 0 saturated heterocycles. The maximum atomic E-state index is 13.6. The Balaban J connectivity index is 1.92. The van der Waals surface area contributed by atoms with E-state index in [1.54, 1.807) is 19.1 Å². The number of carbonyl (C=O) groups is 2. The highest BCUT2D eigenvalue weighted by molar-refractivity contribution is 5.88. The monoisotopic (exact) mass is 460 g/mol. The number of carbonyl (C=O) groups excluding carboxylic acids is 2. The van der Waals surface area contributed by atoms with Crippen molar-refractivity contribution in [1.82, 2.24) is 10.2 Å². The summed E-state index contributed by atoms with van der Waals surface area (Å²) in [7, 11) is 3.22. The highest BCUT2D eigenvalue weighted by Crippen LogP contribution is 2.26. The van der Waals surface area contributed by atoms with Gasteiger partial charge in [-0.05, 0) is 35.7 Å². The quantitative estimate of drug-likeness (QED) is 0.442. The van der Waals surface area contributed by atoms with Gasteiger partial charge in [0.1, 0.15) is 17.5 Å². The van der Waals surface area contributed by atoms with Gasteiger partial charge in [0.15, 0.2) is 0 Å². The van der Waals surface area contributed by atoms with Crippen LogP contribution in [0.25, 0.3) is 0 Å². The van der Waals surface area contributed by atoms with E-state index in [2.05, 4.69) is 5.32 Å². The number of methoxy groups -OCH3 is 2. The van der Waals surface area contributed by atoms with E-state index in [9.17, 15) is 9.59 Å². The average molecular weight is 461 g/mol. The molecule has 1 atom stereocenters. The molecule has 178 valence electrons. The smallest absolute Gasteiger partial charge is 0.247 e. The summed E-state index contributed by atoms with van der Waals surface area (Å²) in [4.78, 5) is 28.5. The van der Waals surface area contributed by atoms with Gasteiger partial charge in [-0.3, -0.25) is 9.59 Å². The molecule has 6 nitrogen and oxygen atoms in total.